The first kappa shape index (κ1) is 17.0. The third kappa shape index (κ3) is 5.51. The number of amides is 1. The first-order valence-electron chi connectivity index (χ1n) is 7.60. The molecule has 1 N–H and O–H groups in total. The summed E-state index contributed by atoms with van der Waals surface area (Å²) in [6, 6.07) is 0.152. The molecule has 1 fully saturated rings. The van der Waals surface area contributed by atoms with E-state index < -0.39 is 5.60 Å². The van der Waals surface area contributed by atoms with Crippen molar-refractivity contribution < 1.29 is 14.3 Å². The van der Waals surface area contributed by atoms with Gasteiger partial charge < -0.3 is 10.1 Å². The van der Waals surface area contributed by atoms with E-state index in [1.807, 2.05) is 27.7 Å². The van der Waals surface area contributed by atoms with Crippen LogP contribution in [0, 0.1) is 17.8 Å². The summed E-state index contributed by atoms with van der Waals surface area (Å²) in [4.78, 5) is 23.8. The van der Waals surface area contributed by atoms with E-state index in [4.69, 9.17) is 4.74 Å². The normalized spacial score (nSPS) is 24.6. The Bertz CT molecular complexity index is 357. The van der Waals surface area contributed by atoms with Crippen molar-refractivity contribution in [1.29, 1.82) is 0 Å². The Hall–Kier alpha value is -1.06. The van der Waals surface area contributed by atoms with E-state index >= 15 is 0 Å². The van der Waals surface area contributed by atoms with E-state index in [0.29, 0.717) is 12.3 Å². The highest BCUT2D eigenvalue weighted by Gasteiger charge is 2.34. The second kappa shape index (κ2) is 6.59. The van der Waals surface area contributed by atoms with Gasteiger partial charge in [-0.3, -0.25) is 9.59 Å². The Kier molecular flexibility index (Phi) is 5.60. The molecule has 0 bridgehead atoms. The van der Waals surface area contributed by atoms with Crippen LogP contribution in [-0.2, 0) is 14.3 Å². The molecule has 0 unspecified atom stereocenters. The maximum Gasteiger partial charge on any atom is 0.309 e. The standard InChI is InChI=1S/C16H29NO3/c1-10(2)7-13(15(19)20-16(4,5)6)8-12-9-14(18)17-11(12)3/h10-13H,7-9H2,1-6H3,(H,17,18)/t11-,12-,13+/m0/s1. The molecule has 1 rings (SSSR count). The molecular formula is C16H29NO3. The minimum Gasteiger partial charge on any atom is -0.460 e. The van der Waals surface area contributed by atoms with Crippen LogP contribution in [0.15, 0.2) is 0 Å². The smallest absolute Gasteiger partial charge is 0.309 e. The molecule has 1 amide bonds. The Morgan fingerprint density at radius 1 is 1.40 bits per heavy atom. The van der Waals surface area contributed by atoms with Gasteiger partial charge in [-0.1, -0.05) is 13.8 Å². The molecule has 4 heteroatoms. The number of hydrogen-bond acceptors (Lipinski definition) is 3. The van der Waals surface area contributed by atoms with Crippen molar-refractivity contribution in [3.8, 4) is 0 Å². The predicted molar refractivity (Wildman–Crippen MR) is 79.1 cm³/mol. The van der Waals surface area contributed by atoms with Gasteiger partial charge in [0.1, 0.15) is 5.60 Å². The number of rotatable bonds is 5. The van der Waals surface area contributed by atoms with Gasteiger partial charge in [-0.2, -0.15) is 0 Å². The second-order valence-corrected chi connectivity index (χ2v) is 7.42. The zero-order valence-electron chi connectivity index (χ0n) is 13.7. The van der Waals surface area contributed by atoms with Crippen LogP contribution in [0.1, 0.15) is 60.8 Å². The molecule has 0 radical (unpaired) electrons. The number of nitrogens with one attached hydrogen (secondary N) is 1. The van der Waals surface area contributed by atoms with E-state index in [0.717, 1.165) is 12.8 Å². The number of ether oxygens (including phenoxy) is 1. The maximum absolute atomic E-state index is 12.3. The molecule has 0 saturated carbocycles. The minimum atomic E-state index is -0.457. The summed E-state index contributed by atoms with van der Waals surface area (Å²) in [5.41, 5.74) is -0.457. The molecule has 4 nitrogen and oxygen atoms in total. The zero-order chi connectivity index (χ0) is 15.5. The highest BCUT2D eigenvalue weighted by atomic mass is 16.6. The molecule has 0 aliphatic carbocycles. The van der Waals surface area contributed by atoms with Crippen LogP contribution in [0.25, 0.3) is 0 Å². The van der Waals surface area contributed by atoms with Crippen LogP contribution in [0.2, 0.25) is 0 Å². The molecule has 3 atom stereocenters. The first-order chi connectivity index (χ1) is 9.08. The van der Waals surface area contributed by atoms with E-state index in [1.165, 1.54) is 0 Å². The Morgan fingerprint density at radius 2 is 2.00 bits per heavy atom. The summed E-state index contributed by atoms with van der Waals surface area (Å²) in [6.07, 6.45) is 2.07. The fourth-order valence-corrected chi connectivity index (χ4v) is 2.74. The molecule has 116 valence electrons. The summed E-state index contributed by atoms with van der Waals surface area (Å²) in [5, 5.41) is 2.92. The lowest BCUT2D eigenvalue weighted by molar-refractivity contribution is -0.161. The molecule has 0 spiro atoms. The fourth-order valence-electron chi connectivity index (χ4n) is 2.74. The van der Waals surface area contributed by atoms with Gasteiger partial charge in [0.25, 0.3) is 0 Å². The monoisotopic (exact) mass is 283 g/mol. The van der Waals surface area contributed by atoms with Gasteiger partial charge in [-0.25, -0.2) is 0 Å². The molecule has 1 saturated heterocycles. The van der Waals surface area contributed by atoms with Gasteiger partial charge in [0.15, 0.2) is 0 Å². The third-order valence-electron chi connectivity index (χ3n) is 3.63. The molecular weight excluding hydrogens is 254 g/mol. The molecule has 1 aliphatic rings. The number of esters is 1. The van der Waals surface area contributed by atoms with E-state index in [9.17, 15) is 9.59 Å². The molecule has 0 aromatic rings. The lowest BCUT2D eigenvalue weighted by atomic mass is 9.85. The van der Waals surface area contributed by atoms with Crippen molar-refractivity contribution >= 4 is 11.9 Å². The molecule has 1 heterocycles. The minimum absolute atomic E-state index is 0.0926. The predicted octanol–water partition coefficient (Wildman–Crippen LogP) is 2.91. The van der Waals surface area contributed by atoms with Gasteiger partial charge >= 0.3 is 5.97 Å². The molecule has 20 heavy (non-hydrogen) atoms. The number of carbonyl (C=O) groups is 2. The largest absolute Gasteiger partial charge is 0.460 e. The Morgan fingerprint density at radius 3 is 2.40 bits per heavy atom. The quantitative estimate of drug-likeness (QED) is 0.789. The highest BCUT2D eigenvalue weighted by Crippen LogP contribution is 2.29. The van der Waals surface area contributed by atoms with Crippen molar-refractivity contribution in [3.05, 3.63) is 0 Å². The van der Waals surface area contributed by atoms with Crippen LogP contribution >= 0.6 is 0 Å². The van der Waals surface area contributed by atoms with Crippen LogP contribution in [0.4, 0.5) is 0 Å². The average molecular weight is 283 g/mol. The third-order valence-corrected chi connectivity index (χ3v) is 3.63. The summed E-state index contributed by atoms with van der Waals surface area (Å²) < 4.78 is 5.53. The molecule has 0 aromatic carbocycles. The van der Waals surface area contributed by atoms with Crippen molar-refractivity contribution in [2.24, 2.45) is 17.8 Å². The lowest BCUT2D eigenvalue weighted by Crippen LogP contribution is -2.32. The SMILES string of the molecule is CC(C)C[C@H](C[C@H]1CC(=O)N[C@H]1C)C(=O)OC(C)(C)C. The lowest BCUT2D eigenvalue weighted by Gasteiger charge is -2.27. The van der Waals surface area contributed by atoms with Crippen molar-refractivity contribution in [2.75, 3.05) is 0 Å². The topological polar surface area (TPSA) is 55.4 Å². The van der Waals surface area contributed by atoms with Crippen LogP contribution in [0.5, 0.6) is 0 Å². The summed E-state index contributed by atoms with van der Waals surface area (Å²) >= 11 is 0. The number of carbonyl (C=O) groups excluding carboxylic acids is 2. The average Bonchev–Trinajstić information content (AvgIpc) is 2.53. The summed E-state index contributed by atoms with van der Waals surface area (Å²) in [5.74, 6) is 0.522. The maximum atomic E-state index is 12.3. The van der Waals surface area contributed by atoms with Gasteiger partial charge in [0.05, 0.1) is 5.92 Å². The second-order valence-electron chi connectivity index (χ2n) is 7.42. The van der Waals surface area contributed by atoms with Crippen LogP contribution in [-0.4, -0.2) is 23.5 Å². The van der Waals surface area contributed by atoms with E-state index in [-0.39, 0.29) is 29.8 Å². The van der Waals surface area contributed by atoms with Gasteiger partial charge in [0.2, 0.25) is 5.91 Å². The first-order valence-corrected chi connectivity index (χ1v) is 7.60. The Balaban J connectivity index is 2.69. The summed E-state index contributed by atoms with van der Waals surface area (Å²) in [6.45, 7) is 11.9. The van der Waals surface area contributed by atoms with Crippen molar-refractivity contribution in [2.45, 2.75) is 72.4 Å². The van der Waals surface area contributed by atoms with Crippen LogP contribution < -0.4 is 5.32 Å². The van der Waals surface area contributed by atoms with Gasteiger partial charge in [0, 0.05) is 12.5 Å². The highest BCUT2D eigenvalue weighted by molar-refractivity contribution is 5.79. The van der Waals surface area contributed by atoms with E-state index in [2.05, 4.69) is 19.2 Å². The Labute approximate surface area is 122 Å². The van der Waals surface area contributed by atoms with Crippen molar-refractivity contribution in [3.63, 3.8) is 0 Å². The number of hydrogen-bond donors (Lipinski definition) is 1. The van der Waals surface area contributed by atoms with Gasteiger partial charge in [-0.15, -0.1) is 0 Å². The van der Waals surface area contributed by atoms with E-state index in [1.54, 1.807) is 0 Å². The van der Waals surface area contributed by atoms with Gasteiger partial charge in [-0.05, 0) is 52.4 Å². The molecule has 0 aromatic heterocycles. The summed E-state index contributed by atoms with van der Waals surface area (Å²) in [7, 11) is 0. The zero-order valence-corrected chi connectivity index (χ0v) is 13.7. The van der Waals surface area contributed by atoms with Crippen LogP contribution in [0.3, 0.4) is 0 Å². The fraction of sp³-hybridized carbons (Fsp3) is 0.875. The molecule has 1 aliphatic heterocycles. The van der Waals surface area contributed by atoms with Crippen molar-refractivity contribution in [1.82, 2.24) is 5.32 Å².